The highest BCUT2D eigenvalue weighted by molar-refractivity contribution is 5.79. The van der Waals surface area contributed by atoms with Gasteiger partial charge < -0.3 is 24.8 Å². The first-order chi connectivity index (χ1) is 18.7. The Morgan fingerprint density at radius 3 is 2.15 bits per heavy atom. The van der Waals surface area contributed by atoms with E-state index in [0.29, 0.717) is 12.2 Å². The van der Waals surface area contributed by atoms with Gasteiger partial charge in [-0.3, -0.25) is 4.79 Å². The molecule has 0 spiro atoms. The van der Waals surface area contributed by atoms with Crippen molar-refractivity contribution in [2.75, 3.05) is 25.1 Å². The molecule has 2 N–H and O–H groups in total. The van der Waals surface area contributed by atoms with Crippen molar-refractivity contribution < 1.29 is 24.2 Å². The van der Waals surface area contributed by atoms with Crippen molar-refractivity contribution in [2.45, 2.75) is 57.6 Å². The number of rotatable bonds is 11. The average Bonchev–Trinajstić information content (AvgIpc) is 2.94. The van der Waals surface area contributed by atoms with Crippen LogP contribution >= 0.6 is 0 Å². The van der Waals surface area contributed by atoms with Gasteiger partial charge in [0, 0.05) is 18.8 Å². The summed E-state index contributed by atoms with van der Waals surface area (Å²) in [7, 11) is 1.65. The molecule has 0 saturated carbocycles. The Morgan fingerprint density at radius 1 is 0.897 bits per heavy atom. The summed E-state index contributed by atoms with van der Waals surface area (Å²) in [5, 5.41) is 12.6. The lowest BCUT2D eigenvalue weighted by Gasteiger charge is -2.33. The molecule has 4 rings (SSSR count). The predicted molar refractivity (Wildman–Crippen MR) is 153 cm³/mol. The lowest BCUT2D eigenvalue weighted by Crippen LogP contribution is -2.37. The molecule has 1 atom stereocenters. The maximum absolute atomic E-state index is 13.3. The second kappa shape index (κ2) is 12.7. The molecule has 1 heterocycles. The number of para-hydroxylation sites is 1. The maximum atomic E-state index is 13.3. The fourth-order valence-corrected chi connectivity index (χ4v) is 4.89. The van der Waals surface area contributed by atoms with E-state index >= 15 is 0 Å². The van der Waals surface area contributed by atoms with Crippen LogP contribution in [0.25, 0.3) is 0 Å². The van der Waals surface area contributed by atoms with Crippen molar-refractivity contribution in [1.29, 1.82) is 0 Å². The smallest absolute Gasteiger partial charge is 0.347 e. The van der Waals surface area contributed by atoms with Gasteiger partial charge in [0.2, 0.25) is 5.91 Å². The van der Waals surface area contributed by atoms with Crippen LogP contribution in [0.15, 0.2) is 72.8 Å². The van der Waals surface area contributed by atoms with Crippen LogP contribution in [0.2, 0.25) is 0 Å². The van der Waals surface area contributed by atoms with Gasteiger partial charge in [0.1, 0.15) is 11.5 Å². The molecule has 39 heavy (non-hydrogen) atoms. The van der Waals surface area contributed by atoms with Gasteiger partial charge in [-0.1, -0.05) is 42.5 Å². The zero-order valence-electron chi connectivity index (χ0n) is 23.0. The molecule has 1 aliphatic heterocycles. The molecule has 7 heteroatoms. The zero-order valence-corrected chi connectivity index (χ0v) is 23.0. The summed E-state index contributed by atoms with van der Waals surface area (Å²) in [5.41, 5.74) is 2.88. The molecule has 0 aromatic heterocycles. The molecule has 1 unspecified atom stereocenters. The van der Waals surface area contributed by atoms with Crippen molar-refractivity contribution in [3.8, 4) is 11.5 Å². The zero-order chi connectivity index (χ0) is 27.8. The fourth-order valence-electron chi connectivity index (χ4n) is 4.89. The first kappa shape index (κ1) is 28.0. The average molecular weight is 531 g/mol. The van der Waals surface area contributed by atoms with Crippen molar-refractivity contribution in [3.63, 3.8) is 0 Å². The Balaban J connectivity index is 1.52. The Labute approximate surface area is 230 Å². The molecule has 206 valence electrons. The number of nitrogens with zero attached hydrogens (tertiary/aromatic N) is 1. The molecule has 1 saturated heterocycles. The monoisotopic (exact) mass is 530 g/mol. The maximum Gasteiger partial charge on any atom is 0.347 e. The number of carbonyl (C=O) groups excluding carboxylic acids is 1. The molecule has 0 aliphatic carbocycles. The van der Waals surface area contributed by atoms with Crippen LogP contribution in [-0.2, 0) is 22.4 Å². The summed E-state index contributed by atoms with van der Waals surface area (Å²) < 4.78 is 10.9. The lowest BCUT2D eigenvalue weighted by molar-refractivity contribution is -0.152. The largest absolute Gasteiger partial charge is 0.497 e. The molecular weight excluding hydrogens is 492 g/mol. The van der Waals surface area contributed by atoms with E-state index in [1.165, 1.54) is 38.8 Å². The number of benzene rings is 3. The van der Waals surface area contributed by atoms with E-state index in [1.54, 1.807) is 31.4 Å². The Morgan fingerprint density at radius 2 is 1.51 bits per heavy atom. The standard InChI is InChI=1S/C32H38N2O5/c1-32(2,31(36)37)39-26-17-13-24(14-18-26)22-30(35)33-28(21-23-11-15-25(38-3)16-12-23)27-9-5-6-10-29(27)34-19-7-4-8-20-34/h5-6,9-18,28H,4,7-8,19-22H2,1-3H3,(H,33,35)(H,36,37). The summed E-state index contributed by atoms with van der Waals surface area (Å²) >= 11 is 0. The van der Waals surface area contributed by atoms with Gasteiger partial charge in [-0.25, -0.2) is 4.79 Å². The minimum absolute atomic E-state index is 0.0820. The van der Waals surface area contributed by atoms with Crippen molar-refractivity contribution in [3.05, 3.63) is 89.5 Å². The lowest BCUT2D eigenvalue weighted by atomic mass is 9.95. The van der Waals surface area contributed by atoms with E-state index in [-0.39, 0.29) is 18.4 Å². The highest BCUT2D eigenvalue weighted by atomic mass is 16.5. The van der Waals surface area contributed by atoms with Gasteiger partial charge in [0.25, 0.3) is 0 Å². The molecular formula is C32H38N2O5. The van der Waals surface area contributed by atoms with E-state index in [2.05, 4.69) is 28.4 Å². The molecule has 3 aromatic carbocycles. The number of piperidine rings is 1. The van der Waals surface area contributed by atoms with Gasteiger partial charge in [0.15, 0.2) is 5.60 Å². The molecule has 7 nitrogen and oxygen atoms in total. The highest BCUT2D eigenvalue weighted by Gasteiger charge is 2.29. The minimum atomic E-state index is -1.34. The van der Waals surface area contributed by atoms with Crippen LogP contribution in [-0.4, -0.2) is 42.8 Å². The summed E-state index contributed by atoms with van der Waals surface area (Å²) in [6, 6.07) is 23.1. The Hall–Kier alpha value is -4.00. The first-order valence-electron chi connectivity index (χ1n) is 13.5. The normalized spacial score (nSPS) is 14.4. The van der Waals surface area contributed by atoms with E-state index < -0.39 is 11.6 Å². The molecule has 1 aliphatic rings. The third-order valence-electron chi connectivity index (χ3n) is 7.12. The van der Waals surface area contributed by atoms with E-state index in [4.69, 9.17) is 9.47 Å². The van der Waals surface area contributed by atoms with Crippen LogP contribution in [0.4, 0.5) is 5.69 Å². The summed E-state index contributed by atoms with van der Waals surface area (Å²) in [5.74, 6) is 0.117. The minimum Gasteiger partial charge on any atom is -0.497 e. The molecule has 0 radical (unpaired) electrons. The number of hydrogen-bond donors (Lipinski definition) is 2. The van der Waals surface area contributed by atoms with Crippen LogP contribution in [0.3, 0.4) is 0 Å². The topological polar surface area (TPSA) is 88.1 Å². The van der Waals surface area contributed by atoms with Crippen molar-refractivity contribution in [1.82, 2.24) is 5.32 Å². The van der Waals surface area contributed by atoms with Crippen molar-refractivity contribution in [2.24, 2.45) is 0 Å². The number of ether oxygens (including phenoxy) is 2. The number of nitrogens with one attached hydrogen (secondary N) is 1. The molecule has 3 aromatic rings. The van der Waals surface area contributed by atoms with E-state index in [9.17, 15) is 14.7 Å². The molecule has 1 fully saturated rings. The van der Waals surface area contributed by atoms with Gasteiger partial charge in [-0.05, 0) is 86.6 Å². The fraction of sp³-hybridized carbons (Fsp3) is 0.375. The Bertz CT molecular complexity index is 1250. The highest BCUT2D eigenvalue weighted by Crippen LogP contribution is 2.31. The third-order valence-corrected chi connectivity index (χ3v) is 7.12. The molecule has 1 amide bonds. The number of methoxy groups -OCH3 is 1. The Kier molecular flexibility index (Phi) is 9.12. The summed E-state index contributed by atoms with van der Waals surface area (Å²) in [6.45, 7) is 5.05. The number of amides is 1. The van der Waals surface area contributed by atoms with Gasteiger partial charge in [-0.15, -0.1) is 0 Å². The van der Waals surface area contributed by atoms with Gasteiger partial charge in [-0.2, -0.15) is 0 Å². The number of carboxylic acids is 1. The number of aliphatic carboxylic acids is 1. The van der Waals surface area contributed by atoms with Crippen LogP contribution in [0.5, 0.6) is 11.5 Å². The second-order valence-corrected chi connectivity index (χ2v) is 10.5. The molecule has 0 bridgehead atoms. The third kappa shape index (κ3) is 7.53. The van der Waals surface area contributed by atoms with Crippen LogP contribution in [0.1, 0.15) is 55.8 Å². The van der Waals surface area contributed by atoms with Gasteiger partial charge in [0.05, 0.1) is 19.6 Å². The number of hydrogen-bond acceptors (Lipinski definition) is 5. The van der Waals surface area contributed by atoms with E-state index in [1.807, 2.05) is 30.3 Å². The summed E-state index contributed by atoms with van der Waals surface area (Å²) in [6.07, 6.45) is 4.45. The summed E-state index contributed by atoms with van der Waals surface area (Å²) in [4.78, 5) is 27.1. The van der Waals surface area contributed by atoms with Crippen LogP contribution < -0.4 is 19.7 Å². The van der Waals surface area contributed by atoms with Gasteiger partial charge >= 0.3 is 5.97 Å². The SMILES string of the molecule is COc1ccc(CC(NC(=O)Cc2ccc(OC(C)(C)C(=O)O)cc2)c2ccccc2N2CCCCC2)cc1. The van der Waals surface area contributed by atoms with E-state index in [0.717, 1.165) is 35.5 Å². The van der Waals surface area contributed by atoms with Crippen molar-refractivity contribution >= 4 is 17.6 Å². The number of carbonyl (C=O) groups is 2. The predicted octanol–water partition coefficient (Wildman–Crippen LogP) is 5.57. The van der Waals surface area contributed by atoms with Crippen LogP contribution in [0, 0.1) is 0 Å². The quantitative estimate of drug-likeness (QED) is 0.337. The second-order valence-electron chi connectivity index (χ2n) is 10.5. The number of carboxylic acid groups (broad SMARTS) is 1. The first-order valence-corrected chi connectivity index (χ1v) is 13.5. The number of anilines is 1.